The monoisotopic (exact) mass is 295 g/mol. The van der Waals surface area contributed by atoms with Crippen molar-refractivity contribution in [1.29, 1.82) is 0 Å². The van der Waals surface area contributed by atoms with Gasteiger partial charge in [-0.15, -0.1) is 11.3 Å². The average molecular weight is 296 g/mol. The molecule has 0 bridgehead atoms. The number of thiophene rings is 1. The van der Waals surface area contributed by atoms with E-state index in [1.807, 2.05) is 24.5 Å². The second-order valence-electron chi connectivity index (χ2n) is 3.69. The lowest BCUT2D eigenvalue weighted by Crippen LogP contribution is -2.10. The van der Waals surface area contributed by atoms with Crippen LogP contribution < -0.4 is 5.32 Å². The molecule has 1 nitrogen and oxygen atoms in total. The van der Waals surface area contributed by atoms with Gasteiger partial charge in [0.05, 0.1) is 0 Å². The highest BCUT2D eigenvalue weighted by Crippen LogP contribution is 2.35. The van der Waals surface area contributed by atoms with Gasteiger partial charge < -0.3 is 5.32 Å². The second kappa shape index (κ2) is 5.13. The zero-order valence-corrected chi connectivity index (χ0v) is 11.7. The Balaban J connectivity index is 2.35. The van der Waals surface area contributed by atoms with Crippen molar-refractivity contribution < 1.29 is 0 Å². The molecule has 0 radical (unpaired) electrons. The minimum Gasteiger partial charge on any atom is -0.313 e. The van der Waals surface area contributed by atoms with Crippen molar-refractivity contribution in [3.63, 3.8) is 0 Å². The van der Waals surface area contributed by atoms with Crippen LogP contribution >= 0.6 is 27.3 Å². The fourth-order valence-electron chi connectivity index (χ4n) is 1.53. The summed E-state index contributed by atoms with van der Waals surface area (Å²) in [5, 5.41) is 3.26. The SMILES string of the molecule is CNC(C)c1ccc(-c2ccccc2Br)s1. The molecule has 1 aromatic carbocycles. The van der Waals surface area contributed by atoms with Crippen LogP contribution in [0.5, 0.6) is 0 Å². The molecule has 0 amide bonds. The summed E-state index contributed by atoms with van der Waals surface area (Å²) in [5.74, 6) is 0. The predicted octanol–water partition coefficient (Wildman–Crippen LogP) is 4.46. The Labute approximate surface area is 109 Å². The average Bonchev–Trinajstić information content (AvgIpc) is 2.78. The molecule has 1 aromatic heterocycles. The van der Waals surface area contributed by atoms with Crippen LogP contribution in [0.1, 0.15) is 17.8 Å². The van der Waals surface area contributed by atoms with Crippen molar-refractivity contribution >= 4 is 27.3 Å². The quantitative estimate of drug-likeness (QED) is 0.882. The maximum atomic E-state index is 3.59. The number of nitrogens with one attached hydrogen (secondary N) is 1. The highest BCUT2D eigenvalue weighted by molar-refractivity contribution is 9.10. The molecule has 1 unspecified atom stereocenters. The molecule has 3 heteroatoms. The summed E-state index contributed by atoms with van der Waals surface area (Å²) >= 11 is 5.43. The van der Waals surface area contributed by atoms with E-state index in [0.29, 0.717) is 6.04 Å². The molecular formula is C13H14BrNS. The van der Waals surface area contributed by atoms with Gasteiger partial charge in [-0.05, 0) is 32.2 Å². The molecule has 1 heterocycles. The molecule has 0 aliphatic heterocycles. The zero-order chi connectivity index (χ0) is 11.5. The van der Waals surface area contributed by atoms with Crippen molar-refractivity contribution in [1.82, 2.24) is 5.32 Å². The van der Waals surface area contributed by atoms with Gasteiger partial charge in [0, 0.05) is 25.8 Å². The Morgan fingerprint density at radius 3 is 2.62 bits per heavy atom. The predicted molar refractivity (Wildman–Crippen MR) is 74.9 cm³/mol. The molecule has 0 spiro atoms. The number of rotatable bonds is 3. The van der Waals surface area contributed by atoms with Crippen molar-refractivity contribution in [2.75, 3.05) is 7.05 Å². The summed E-state index contributed by atoms with van der Waals surface area (Å²) in [6.45, 7) is 2.18. The second-order valence-corrected chi connectivity index (χ2v) is 5.66. The Bertz CT molecular complexity index is 478. The Morgan fingerprint density at radius 1 is 1.19 bits per heavy atom. The first-order chi connectivity index (χ1) is 7.72. The molecular weight excluding hydrogens is 282 g/mol. The molecule has 0 saturated carbocycles. The van der Waals surface area contributed by atoms with Gasteiger partial charge in [0.25, 0.3) is 0 Å². The van der Waals surface area contributed by atoms with E-state index in [4.69, 9.17) is 0 Å². The van der Waals surface area contributed by atoms with Crippen LogP contribution in [0.2, 0.25) is 0 Å². The van der Waals surface area contributed by atoms with E-state index < -0.39 is 0 Å². The lowest BCUT2D eigenvalue weighted by molar-refractivity contribution is 0.664. The maximum absolute atomic E-state index is 3.59. The first-order valence-electron chi connectivity index (χ1n) is 5.24. The fourth-order valence-corrected chi connectivity index (χ4v) is 3.27. The van der Waals surface area contributed by atoms with E-state index in [1.54, 1.807) is 0 Å². The molecule has 2 rings (SSSR count). The standard InChI is InChI=1S/C13H14BrNS/c1-9(15-2)12-7-8-13(16-12)10-5-3-4-6-11(10)14/h3-9,15H,1-2H3. The Kier molecular flexibility index (Phi) is 3.79. The smallest absolute Gasteiger partial charge is 0.0383 e. The molecule has 84 valence electrons. The van der Waals surface area contributed by atoms with Gasteiger partial charge >= 0.3 is 0 Å². The Morgan fingerprint density at radius 2 is 1.94 bits per heavy atom. The summed E-state index contributed by atoms with van der Waals surface area (Å²) in [5.41, 5.74) is 1.27. The highest BCUT2D eigenvalue weighted by atomic mass is 79.9. The molecule has 1 N–H and O–H groups in total. The summed E-state index contributed by atoms with van der Waals surface area (Å²) in [4.78, 5) is 2.68. The van der Waals surface area contributed by atoms with Crippen molar-refractivity contribution in [3.05, 3.63) is 45.7 Å². The lowest BCUT2D eigenvalue weighted by Gasteiger charge is -2.06. The lowest BCUT2D eigenvalue weighted by atomic mass is 10.2. The van der Waals surface area contributed by atoms with Crippen LogP contribution in [0.3, 0.4) is 0 Å². The summed E-state index contributed by atoms with van der Waals surface area (Å²) < 4.78 is 1.15. The summed E-state index contributed by atoms with van der Waals surface area (Å²) in [6, 6.07) is 13.1. The van der Waals surface area contributed by atoms with Crippen molar-refractivity contribution in [2.24, 2.45) is 0 Å². The summed E-state index contributed by atoms with van der Waals surface area (Å²) in [6.07, 6.45) is 0. The van der Waals surface area contributed by atoms with Crippen LogP contribution in [0.15, 0.2) is 40.9 Å². The fraction of sp³-hybridized carbons (Fsp3) is 0.231. The first kappa shape index (κ1) is 11.8. The van der Waals surface area contributed by atoms with Gasteiger partial charge in [-0.3, -0.25) is 0 Å². The topological polar surface area (TPSA) is 12.0 Å². The van der Waals surface area contributed by atoms with E-state index in [-0.39, 0.29) is 0 Å². The maximum Gasteiger partial charge on any atom is 0.0383 e. The van der Waals surface area contributed by atoms with E-state index in [0.717, 1.165) is 4.47 Å². The van der Waals surface area contributed by atoms with E-state index in [9.17, 15) is 0 Å². The van der Waals surface area contributed by atoms with Crippen molar-refractivity contribution in [2.45, 2.75) is 13.0 Å². The van der Waals surface area contributed by atoms with Crippen LogP contribution in [0.25, 0.3) is 10.4 Å². The molecule has 0 aliphatic carbocycles. The van der Waals surface area contributed by atoms with Gasteiger partial charge in [-0.25, -0.2) is 0 Å². The minimum absolute atomic E-state index is 0.418. The summed E-state index contributed by atoms with van der Waals surface area (Å²) in [7, 11) is 1.99. The van der Waals surface area contributed by atoms with Crippen LogP contribution in [0.4, 0.5) is 0 Å². The highest BCUT2D eigenvalue weighted by Gasteiger charge is 2.09. The third-order valence-electron chi connectivity index (χ3n) is 2.63. The number of hydrogen-bond acceptors (Lipinski definition) is 2. The van der Waals surface area contributed by atoms with Gasteiger partial charge in [-0.2, -0.15) is 0 Å². The number of hydrogen-bond donors (Lipinski definition) is 1. The molecule has 1 atom stereocenters. The third kappa shape index (κ3) is 2.37. The Hall–Kier alpha value is -0.640. The number of benzene rings is 1. The molecule has 0 saturated heterocycles. The van der Waals surface area contributed by atoms with Crippen LogP contribution in [-0.4, -0.2) is 7.05 Å². The van der Waals surface area contributed by atoms with Gasteiger partial charge in [0.1, 0.15) is 0 Å². The molecule has 2 aromatic rings. The first-order valence-corrected chi connectivity index (χ1v) is 6.85. The van der Waals surface area contributed by atoms with E-state index >= 15 is 0 Å². The third-order valence-corrected chi connectivity index (χ3v) is 4.62. The molecule has 16 heavy (non-hydrogen) atoms. The largest absolute Gasteiger partial charge is 0.313 e. The van der Waals surface area contributed by atoms with Crippen molar-refractivity contribution in [3.8, 4) is 10.4 Å². The van der Waals surface area contributed by atoms with Crippen LogP contribution in [-0.2, 0) is 0 Å². The van der Waals surface area contributed by atoms with E-state index in [2.05, 4.69) is 58.5 Å². The molecule has 0 fully saturated rings. The van der Waals surface area contributed by atoms with Gasteiger partial charge in [0.2, 0.25) is 0 Å². The zero-order valence-electron chi connectivity index (χ0n) is 9.33. The molecule has 0 aliphatic rings. The van der Waals surface area contributed by atoms with Gasteiger partial charge in [-0.1, -0.05) is 34.1 Å². The number of halogens is 1. The van der Waals surface area contributed by atoms with Gasteiger partial charge in [0.15, 0.2) is 0 Å². The minimum atomic E-state index is 0.418. The van der Waals surface area contributed by atoms with E-state index in [1.165, 1.54) is 15.3 Å². The normalized spacial score (nSPS) is 12.7. The van der Waals surface area contributed by atoms with Crippen LogP contribution in [0, 0.1) is 0 Å².